The fraction of sp³-hybridized carbons (Fsp3) is 0.286. The summed E-state index contributed by atoms with van der Waals surface area (Å²) in [7, 11) is 0. The number of halogens is 3. The Bertz CT molecular complexity index is 1150. The van der Waals surface area contributed by atoms with Crippen LogP contribution in [0.25, 0.3) is 11.0 Å². The van der Waals surface area contributed by atoms with E-state index in [0.717, 1.165) is 12.8 Å². The van der Waals surface area contributed by atoms with Crippen molar-refractivity contribution in [3.05, 3.63) is 65.0 Å². The molecule has 1 aromatic carbocycles. The van der Waals surface area contributed by atoms with Gasteiger partial charge in [-0.1, -0.05) is 17.7 Å². The van der Waals surface area contributed by atoms with E-state index in [4.69, 9.17) is 17.3 Å². The van der Waals surface area contributed by atoms with Crippen LogP contribution in [0.5, 0.6) is 0 Å². The summed E-state index contributed by atoms with van der Waals surface area (Å²) in [5.41, 5.74) is 7.67. The molecule has 3 aromatic rings. The average molecular weight is 414 g/mol. The predicted octanol–water partition coefficient (Wildman–Crippen LogP) is 4.65. The maximum Gasteiger partial charge on any atom is 0.160 e. The number of hydrogen-bond acceptors (Lipinski definition) is 5. The Morgan fingerprint density at radius 2 is 2.10 bits per heavy atom. The van der Waals surface area contributed by atoms with E-state index >= 15 is 0 Å². The molecule has 3 atom stereocenters. The zero-order valence-electron chi connectivity index (χ0n) is 15.4. The van der Waals surface area contributed by atoms with E-state index in [-0.39, 0.29) is 5.92 Å². The van der Waals surface area contributed by atoms with Gasteiger partial charge in [-0.2, -0.15) is 0 Å². The summed E-state index contributed by atoms with van der Waals surface area (Å²) < 4.78 is 29.1. The lowest BCUT2D eigenvalue weighted by Gasteiger charge is -2.33. The summed E-state index contributed by atoms with van der Waals surface area (Å²) in [6.07, 6.45) is 6.24. The van der Waals surface area contributed by atoms with E-state index in [1.807, 2.05) is 0 Å². The van der Waals surface area contributed by atoms with Crippen LogP contribution in [0.15, 0.2) is 48.6 Å². The van der Waals surface area contributed by atoms with Crippen LogP contribution in [0.1, 0.15) is 18.4 Å². The minimum absolute atomic E-state index is 0.0771. The number of benzene rings is 1. The first kappa shape index (κ1) is 18.2. The second-order valence-electron chi connectivity index (χ2n) is 7.76. The van der Waals surface area contributed by atoms with Gasteiger partial charge >= 0.3 is 0 Å². The van der Waals surface area contributed by atoms with Crippen LogP contribution in [0.4, 0.5) is 20.3 Å². The molecule has 0 saturated heterocycles. The maximum atomic E-state index is 14.8. The molecule has 2 aliphatic carbocycles. The quantitative estimate of drug-likeness (QED) is 0.651. The number of allylic oxidation sites excluding steroid dienone is 2. The van der Waals surface area contributed by atoms with Crippen LogP contribution in [0.2, 0.25) is 5.02 Å². The van der Waals surface area contributed by atoms with E-state index in [9.17, 15) is 8.78 Å². The summed E-state index contributed by atoms with van der Waals surface area (Å²) in [6.45, 7) is -0.689. The number of aromatic nitrogens is 3. The molecule has 2 heterocycles. The van der Waals surface area contributed by atoms with Crippen molar-refractivity contribution >= 4 is 34.1 Å². The van der Waals surface area contributed by atoms with E-state index in [0.29, 0.717) is 44.7 Å². The van der Waals surface area contributed by atoms with Crippen molar-refractivity contribution < 1.29 is 8.78 Å². The summed E-state index contributed by atoms with van der Waals surface area (Å²) >= 11 is 5.98. The molecule has 148 valence electrons. The zero-order chi connectivity index (χ0) is 20.2. The molecule has 2 aromatic heterocycles. The molecule has 0 bridgehead atoms. The van der Waals surface area contributed by atoms with Gasteiger partial charge in [0.05, 0.1) is 10.5 Å². The number of hydrogen-bond donors (Lipinski definition) is 2. The van der Waals surface area contributed by atoms with E-state index in [1.165, 1.54) is 18.6 Å². The number of pyridine rings is 1. The molecule has 0 radical (unpaired) electrons. The van der Waals surface area contributed by atoms with Crippen LogP contribution in [0, 0.1) is 17.7 Å². The van der Waals surface area contributed by atoms with Crippen molar-refractivity contribution in [3.63, 3.8) is 0 Å². The summed E-state index contributed by atoms with van der Waals surface area (Å²) in [5, 5.41) is 3.63. The highest BCUT2D eigenvalue weighted by atomic mass is 35.5. The number of nitrogens with two attached hydrogens (primary N) is 1. The summed E-state index contributed by atoms with van der Waals surface area (Å²) in [4.78, 5) is 12.7. The van der Waals surface area contributed by atoms with Gasteiger partial charge in [0, 0.05) is 28.6 Å². The molecule has 5 nitrogen and oxygen atoms in total. The van der Waals surface area contributed by atoms with Crippen molar-refractivity contribution in [1.29, 1.82) is 0 Å². The highest BCUT2D eigenvalue weighted by Crippen LogP contribution is 2.59. The average Bonchev–Trinajstić information content (AvgIpc) is 3.48. The monoisotopic (exact) mass is 413 g/mol. The topological polar surface area (TPSA) is 76.7 Å². The third-order valence-corrected chi connectivity index (χ3v) is 6.13. The van der Waals surface area contributed by atoms with Crippen molar-refractivity contribution in [2.45, 2.75) is 18.3 Å². The largest absolute Gasteiger partial charge is 0.402 e. The van der Waals surface area contributed by atoms with Gasteiger partial charge in [0.25, 0.3) is 0 Å². The van der Waals surface area contributed by atoms with Gasteiger partial charge in [0.2, 0.25) is 0 Å². The lowest BCUT2D eigenvalue weighted by atomic mass is 9.72. The Balaban J connectivity index is 1.57. The van der Waals surface area contributed by atoms with Crippen molar-refractivity contribution in [3.8, 4) is 0 Å². The van der Waals surface area contributed by atoms with Crippen LogP contribution < -0.4 is 11.1 Å². The molecule has 8 heteroatoms. The minimum Gasteiger partial charge on any atom is -0.402 e. The number of anilines is 2. The van der Waals surface area contributed by atoms with Gasteiger partial charge in [-0.15, -0.1) is 0 Å². The number of rotatable bonds is 4. The number of fused-ring (bicyclic) bond motifs is 2. The molecule has 2 aliphatic rings. The van der Waals surface area contributed by atoms with Gasteiger partial charge in [0.1, 0.15) is 24.3 Å². The molecule has 1 saturated carbocycles. The van der Waals surface area contributed by atoms with Crippen molar-refractivity contribution in [2.75, 3.05) is 12.0 Å². The zero-order valence-corrected chi connectivity index (χ0v) is 16.1. The molecule has 0 unspecified atom stereocenters. The first-order valence-electron chi connectivity index (χ1n) is 9.36. The molecular formula is C21H18ClF2N5. The van der Waals surface area contributed by atoms with Crippen LogP contribution in [-0.4, -0.2) is 21.6 Å². The second kappa shape index (κ2) is 6.62. The van der Waals surface area contributed by atoms with E-state index in [2.05, 4.69) is 20.3 Å². The van der Waals surface area contributed by atoms with E-state index in [1.54, 1.807) is 24.3 Å². The van der Waals surface area contributed by atoms with Crippen LogP contribution in [-0.2, 0) is 5.41 Å². The minimum atomic E-state index is -1.02. The maximum absolute atomic E-state index is 14.8. The fourth-order valence-corrected chi connectivity index (χ4v) is 4.65. The van der Waals surface area contributed by atoms with Crippen LogP contribution >= 0.6 is 11.6 Å². The molecule has 1 fully saturated rings. The molecule has 5 rings (SSSR count). The van der Waals surface area contributed by atoms with Crippen molar-refractivity contribution in [1.82, 2.24) is 15.0 Å². The van der Waals surface area contributed by atoms with Gasteiger partial charge in [0.15, 0.2) is 5.82 Å². The molecule has 0 spiro atoms. The SMILES string of the molecule is NC1=C[C@](CF)(c2cc(Nc3ncnc4cc(Cl)cnc34)ccc2F)[C@H]2C[C@H]2C1. The first-order valence-corrected chi connectivity index (χ1v) is 9.74. The van der Waals surface area contributed by atoms with Crippen LogP contribution in [0.3, 0.4) is 0 Å². The highest BCUT2D eigenvalue weighted by molar-refractivity contribution is 6.31. The Hall–Kier alpha value is -2.80. The molecular weight excluding hydrogens is 396 g/mol. The second-order valence-corrected chi connectivity index (χ2v) is 8.20. The first-order chi connectivity index (χ1) is 14.0. The Labute approximate surface area is 171 Å². The third kappa shape index (κ3) is 3.00. The highest BCUT2D eigenvalue weighted by Gasteiger charge is 2.56. The van der Waals surface area contributed by atoms with Gasteiger partial charge in [-0.3, -0.25) is 0 Å². The van der Waals surface area contributed by atoms with Crippen molar-refractivity contribution in [2.24, 2.45) is 17.6 Å². The normalized spacial score (nSPS) is 25.4. The molecule has 3 N–H and O–H groups in total. The Kier molecular flexibility index (Phi) is 4.17. The molecule has 0 aliphatic heterocycles. The smallest absolute Gasteiger partial charge is 0.160 e. The summed E-state index contributed by atoms with van der Waals surface area (Å²) in [6, 6.07) is 6.27. The number of nitrogens with one attached hydrogen (secondary N) is 1. The third-order valence-electron chi connectivity index (χ3n) is 5.92. The lowest BCUT2D eigenvalue weighted by molar-refractivity contribution is 0.296. The standard InChI is InChI=1S/C21H18ClF2N5/c22-12-5-18-19(26-8-12)20(28-10-27-18)29-14-1-2-17(24)16(6-14)21(9-23)7-13(25)3-11-4-15(11)21/h1-2,5-8,10-11,15H,3-4,9,25H2,(H,27,28,29)/t11-,15+,21-/m1/s1. The van der Waals surface area contributed by atoms with E-state index < -0.39 is 17.9 Å². The Morgan fingerprint density at radius 1 is 1.24 bits per heavy atom. The van der Waals surface area contributed by atoms with Gasteiger partial charge in [-0.25, -0.2) is 23.7 Å². The van der Waals surface area contributed by atoms with Gasteiger partial charge < -0.3 is 11.1 Å². The summed E-state index contributed by atoms with van der Waals surface area (Å²) in [5.74, 6) is 0.420. The predicted molar refractivity (Wildman–Crippen MR) is 108 cm³/mol. The Morgan fingerprint density at radius 3 is 2.93 bits per heavy atom. The van der Waals surface area contributed by atoms with Gasteiger partial charge in [-0.05, 0) is 48.9 Å². The number of alkyl halides is 1. The lowest BCUT2D eigenvalue weighted by Crippen LogP contribution is -2.35. The fourth-order valence-electron chi connectivity index (χ4n) is 4.50. The molecule has 0 amide bonds. The molecule has 29 heavy (non-hydrogen) atoms. The number of nitrogens with zero attached hydrogens (tertiary/aromatic N) is 3.